The van der Waals surface area contributed by atoms with E-state index >= 15 is 0 Å². The summed E-state index contributed by atoms with van der Waals surface area (Å²) < 4.78 is 39.4. The fourth-order valence-corrected chi connectivity index (χ4v) is 3.76. The molecule has 130 valence electrons. The molecule has 0 unspecified atom stereocenters. The normalized spacial score (nSPS) is 17.6. The van der Waals surface area contributed by atoms with Crippen molar-refractivity contribution in [2.45, 2.75) is 17.9 Å². The number of fused-ring (bicyclic) bond motifs is 1. The van der Waals surface area contributed by atoms with Gasteiger partial charge in [-0.2, -0.15) is 0 Å². The van der Waals surface area contributed by atoms with Crippen molar-refractivity contribution < 1.29 is 17.6 Å². The first-order valence-corrected chi connectivity index (χ1v) is 9.10. The third kappa shape index (κ3) is 3.49. The van der Waals surface area contributed by atoms with Crippen LogP contribution in [0.5, 0.6) is 0 Å². The van der Waals surface area contributed by atoms with Gasteiger partial charge in [-0.15, -0.1) is 0 Å². The summed E-state index contributed by atoms with van der Waals surface area (Å²) in [7, 11) is -3.67. The smallest absolute Gasteiger partial charge is 0.263 e. The van der Waals surface area contributed by atoms with E-state index in [1.54, 1.807) is 18.2 Å². The molecule has 0 fully saturated rings. The molecule has 6 nitrogen and oxygen atoms in total. The fraction of sp³-hybridized carbons (Fsp3) is 0.125. The van der Waals surface area contributed by atoms with Gasteiger partial charge in [0.1, 0.15) is 17.7 Å². The van der Waals surface area contributed by atoms with Crippen molar-refractivity contribution in [2.75, 3.05) is 5.32 Å². The number of halogens is 2. The first-order valence-electron chi connectivity index (χ1n) is 7.24. The number of nitrogens with one attached hydrogen (secondary N) is 2. The molecule has 1 aliphatic rings. The second kappa shape index (κ2) is 6.45. The van der Waals surface area contributed by atoms with Crippen molar-refractivity contribution in [1.82, 2.24) is 4.72 Å². The number of amides is 1. The Bertz CT molecular complexity index is 992. The summed E-state index contributed by atoms with van der Waals surface area (Å²) in [6.45, 7) is 1.51. The third-order valence-corrected chi connectivity index (χ3v) is 5.26. The Hall–Kier alpha value is -2.45. The van der Waals surface area contributed by atoms with E-state index in [0.717, 1.165) is 6.07 Å². The number of carbonyl (C=O) groups excluding carboxylic acids is 1. The average molecular weight is 382 g/mol. The molecule has 1 heterocycles. The number of sulfonamides is 1. The molecule has 0 spiro atoms. The number of hydrogen-bond donors (Lipinski definition) is 2. The number of aliphatic imine (C=N–C) groups is 1. The monoisotopic (exact) mass is 381 g/mol. The zero-order valence-corrected chi connectivity index (χ0v) is 14.5. The number of nitrogens with zero attached hydrogens (tertiary/aromatic N) is 1. The highest BCUT2D eigenvalue weighted by molar-refractivity contribution is 7.90. The quantitative estimate of drug-likeness (QED) is 0.856. The van der Waals surface area contributed by atoms with Crippen LogP contribution in [0.4, 0.5) is 10.1 Å². The second-order valence-corrected chi connectivity index (χ2v) is 7.43. The van der Waals surface area contributed by atoms with E-state index in [1.807, 2.05) is 0 Å². The lowest BCUT2D eigenvalue weighted by atomic mass is 10.2. The van der Waals surface area contributed by atoms with Crippen molar-refractivity contribution in [3.63, 3.8) is 0 Å². The number of benzene rings is 2. The lowest BCUT2D eigenvalue weighted by molar-refractivity contribution is -0.117. The van der Waals surface area contributed by atoms with E-state index in [9.17, 15) is 17.6 Å². The highest BCUT2D eigenvalue weighted by Crippen LogP contribution is 2.24. The Morgan fingerprint density at radius 1 is 1.28 bits per heavy atom. The molecule has 3 rings (SSSR count). The molecule has 1 amide bonds. The molecule has 2 N–H and O–H groups in total. The number of rotatable bonds is 3. The molecule has 0 radical (unpaired) electrons. The van der Waals surface area contributed by atoms with E-state index < -0.39 is 27.8 Å². The molecule has 1 atom stereocenters. The third-order valence-electron chi connectivity index (χ3n) is 3.55. The lowest BCUT2D eigenvalue weighted by Crippen LogP contribution is -2.29. The van der Waals surface area contributed by atoms with Crippen LogP contribution in [-0.2, 0) is 14.8 Å². The summed E-state index contributed by atoms with van der Waals surface area (Å²) in [5, 5.41) is 2.59. The molecule has 2 aromatic carbocycles. The predicted octanol–water partition coefficient (Wildman–Crippen LogP) is 2.54. The Labute approximate surface area is 148 Å². The van der Waals surface area contributed by atoms with Crippen LogP contribution in [0.3, 0.4) is 0 Å². The van der Waals surface area contributed by atoms with E-state index in [2.05, 4.69) is 15.0 Å². The largest absolute Gasteiger partial charge is 0.323 e. The second-order valence-electron chi connectivity index (χ2n) is 5.37. The molecule has 0 aromatic heterocycles. The first-order chi connectivity index (χ1) is 11.8. The van der Waals surface area contributed by atoms with Gasteiger partial charge in [0.2, 0.25) is 5.91 Å². The van der Waals surface area contributed by atoms with Gasteiger partial charge in [-0.25, -0.2) is 12.8 Å². The highest BCUT2D eigenvalue weighted by atomic mass is 35.5. The molecular formula is C16H13ClFN3O3S. The van der Waals surface area contributed by atoms with Gasteiger partial charge in [0.15, 0.2) is 0 Å². The molecule has 0 aliphatic carbocycles. The van der Waals surface area contributed by atoms with E-state index in [4.69, 9.17) is 11.6 Å². The summed E-state index contributed by atoms with van der Waals surface area (Å²) in [6.07, 6.45) is 0. The van der Waals surface area contributed by atoms with Crippen molar-refractivity contribution in [3.05, 3.63) is 58.9 Å². The van der Waals surface area contributed by atoms with Gasteiger partial charge in [-0.3, -0.25) is 14.5 Å². The standard InChI is InChI=1S/C16H13ClFN3O3S/c1-9(16(22)20-13-7-6-10(18)8-12(13)17)19-15-11-4-2-3-5-14(11)25(23,24)21-15/h2-9H,1H3,(H,19,21)(H,20,22)/t9-/m1/s1. The van der Waals surface area contributed by atoms with Gasteiger partial charge in [0.25, 0.3) is 10.0 Å². The molecule has 0 saturated heterocycles. The maximum absolute atomic E-state index is 13.0. The van der Waals surface area contributed by atoms with E-state index in [-0.39, 0.29) is 21.4 Å². The molecule has 1 aliphatic heterocycles. The van der Waals surface area contributed by atoms with Crippen LogP contribution in [0, 0.1) is 5.82 Å². The van der Waals surface area contributed by atoms with Crippen molar-refractivity contribution in [2.24, 2.45) is 4.99 Å². The number of amidine groups is 1. The fourth-order valence-electron chi connectivity index (χ4n) is 2.31. The van der Waals surface area contributed by atoms with Crippen LogP contribution in [0.15, 0.2) is 52.4 Å². The summed E-state index contributed by atoms with van der Waals surface area (Å²) in [5.41, 5.74) is 0.648. The minimum Gasteiger partial charge on any atom is -0.323 e. The van der Waals surface area contributed by atoms with Crippen LogP contribution in [0.25, 0.3) is 0 Å². The van der Waals surface area contributed by atoms with Gasteiger partial charge in [-0.05, 0) is 37.3 Å². The van der Waals surface area contributed by atoms with E-state index in [0.29, 0.717) is 5.56 Å². The maximum Gasteiger partial charge on any atom is 0.263 e. The summed E-state index contributed by atoms with van der Waals surface area (Å²) >= 11 is 5.87. The predicted molar refractivity (Wildman–Crippen MR) is 92.8 cm³/mol. The van der Waals surface area contributed by atoms with E-state index in [1.165, 1.54) is 25.1 Å². The van der Waals surface area contributed by atoms with Crippen molar-refractivity contribution in [3.8, 4) is 0 Å². The molecule has 9 heteroatoms. The molecule has 25 heavy (non-hydrogen) atoms. The van der Waals surface area contributed by atoms with Crippen LogP contribution in [-0.4, -0.2) is 26.2 Å². The summed E-state index contributed by atoms with van der Waals surface area (Å²) in [6, 6.07) is 9.03. The zero-order valence-electron chi connectivity index (χ0n) is 13.0. The Kier molecular flexibility index (Phi) is 4.49. The Morgan fingerprint density at radius 2 is 2.00 bits per heavy atom. The minimum atomic E-state index is -3.67. The minimum absolute atomic E-state index is 0.0557. The van der Waals surface area contributed by atoms with Crippen LogP contribution in [0.2, 0.25) is 5.02 Å². The summed E-state index contributed by atoms with van der Waals surface area (Å²) in [5.74, 6) is -0.929. The first kappa shape index (κ1) is 17.4. The van der Waals surface area contributed by atoms with Crippen LogP contribution < -0.4 is 10.0 Å². The van der Waals surface area contributed by atoms with Crippen LogP contribution in [0.1, 0.15) is 12.5 Å². The van der Waals surface area contributed by atoms with Gasteiger partial charge in [-0.1, -0.05) is 23.7 Å². The topological polar surface area (TPSA) is 87.6 Å². The van der Waals surface area contributed by atoms with Gasteiger partial charge in [0, 0.05) is 5.56 Å². The Balaban J connectivity index is 1.83. The zero-order chi connectivity index (χ0) is 18.2. The van der Waals surface area contributed by atoms with Gasteiger partial charge >= 0.3 is 0 Å². The number of hydrogen-bond acceptors (Lipinski definition) is 4. The Morgan fingerprint density at radius 3 is 2.72 bits per heavy atom. The van der Waals surface area contributed by atoms with Gasteiger partial charge in [0.05, 0.1) is 15.6 Å². The molecular weight excluding hydrogens is 369 g/mol. The molecule has 0 saturated carbocycles. The SMILES string of the molecule is C[C@@H](N=C1NS(=O)(=O)c2ccccc21)C(=O)Nc1ccc(F)cc1Cl. The summed E-state index contributed by atoms with van der Waals surface area (Å²) in [4.78, 5) is 16.5. The highest BCUT2D eigenvalue weighted by Gasteiger charge is 2.31. The van der Waals surface area contributed by atoms with Crippen molar-refractivity contribution in [1.29, 1.82) is 0 Å². The average Bonchev–Trinajstić information content (AvgIpc) is 2.81. The number of carbonyl (C=O) groups is 1. The van der Waals surface area contributed by atoms with Gasteiger partial charge < -0.3 is 5.32 Å². The molecule has 2 aromatic rings. The lowest BCUT2D eigenvalue weighted by Gasteiger charge is -2.11. The van der Waals surface area contributed by atoms with Crippen molar-refractivity contribution >= 4 is 39.1 Å². The number of anilines is 1. The molecule has 0 bridgehead atoms. The maximum atomic E-state index is 13.0. The van der Waals surface area contributed by atoms with Crippen LogP contribution >= 0.6 is 11.6 Å².